The molecule has 26 heavy (non-hydrogen) atoms. The van der Waals surface area contributed by atoms with Crippen LogP contribution in [0.3, 0.4) is 0 Å². The molecule has 2 aliphatic heterocycles. The molecule has 3 heterocycles. The van der Waals surface area contributed by atoms with E-state index in [0.717, 1.165) is 51.0 Å². The molecule has 2 aromatic rings. The Morgan fingerprint density at radius 2 is 1.85 bits per heavy atom. The lowest BCUT2D eigenvalue weighted by Crippen LogP contribution is -2.38. The fourth-order valence-electron chi connectivity index (χ4n) is 4.27. The van der Waals surface area contributed by atoms with E-state index in [0.29, 0.717) is 6.10 Å². The van der Waals surface area contributed by atoms with Gasteiger partial charge in [-0.25, -0.2) is 0 Å². The number of rotatable bonds is 6. The van der Waals surface area contributed by atoms with Gasteiger partial charge in [-0.15, -0.1) is 0 Å². The van der Waals surface area contributed by atoms with E-state index in [2.05, 4.69) is 47.1 Å². The van der Waals surface area contributed by atoms with Gasteiger partial charge in [-0.05, 0) is 57.3 Å². The number of hydrogen-bond acceptors (Lipinski definition) is 4. The molecule has 1 aromatic heterocycles. The van der Waals surface area contributed by atoms with Crippen molar-refractivity contribution in [3.05, 3.63) is 36.0 Å². The van der Waals surface area contributed by atoms with E-state index in [-0.39, 0.29) is 0 Å². The fourth-order valence-corrected chi connectivity index (χ4v) is 4.27. The Hall–Kier alpha value is -1.65. The molecule has 0 amide bonds. The van der Waals surface area contributed by atoms with Gasteiger partial charge in [-0.1, -0.05) is 25.1 Å². The van der Waals surface area contributed by atoms with Crippen molar-refractivity contribution in [3.8, 4) is 0 Å². The Balaban J connectivity index is 1.36. The second kappa shape index (κ2) is 8.36. The average Bonchev–Trinajstić information content (AvgIpc) is 3.21. The minimum atomic E-state index is 0.424. The van der Waals surface area contributed by atoms with Gasteiger partial charge in [0.2, 0.25) is 0 Å². The van der Waals surface area contributed by atoms with Gasteiger partial charge < -0.3 is 14.5 Å². The SMILES string of the molecule is CCc1cc(N2CCC(OCCN3CCCC3)CC2)c2ccccc2n1. The quantitative estimate of drug-likeness (QED) is 0.788. The van der Waals surface area contributed by atoms with Crippen molar-refractivity contribution in [3.63, 3.8) is 0 Å². The summed E-state index contributed by atoms with van der Waals surface area (Å²) in [7, 11) is 0. The summed E-state index contributed by atoms with van der Waals surface area (Å²) in [5.41, 5.74) is 3.65. The van der Waals surface area contributed by atoms with E-state index in [1.807, 2.05) is 0 Å². The minimum absolute atomic E-state index is 0.424. The number of aryl methyl sites for hydroxylation is 1. The maximum Gasteiger partial charge on any atom is 0.0726 e. The fraction of sp³-hybridized carbons (Fsp3) is 0.591. The Morgan fingerprint density at radius 3 is 2.62 bits per heavy atom. The van der Waals surface area contributed by atoms with Crippen molar-refractivity contribution < 1.29 is 4.74 Å². The van der Waals surface area contributed by atoms with Gasteiger partial charge in [0.25, 0.3) is 0 Å². The third-order valence-corrected chi connectivity index (χ3v) is 5.85. The molecule has 0 saturated carbocycles. The van der Waals surface area contributed by atoms with Gasteiger partial charge >= 0.3 is 0 Å². The molecule has 1 aromatic carbocycles. The number of aromatic nitrogens is 1. The lowest BCUT2D eigenvalue weighted by Gasteiger charge is -2.34. The van der Waals surface area contributed by atoms with Crippen LogP contribution in [0.2, 0.25) is 0 Å². The molecule has 140 valence electrons. The lowest BCUT2D eigenvalue weighted by molar-refractivity contribution is 0.0266. The van der Waals surface area contributed by atoms with Crippen LogP contribution in [0.4, 0.5) is 5.69 Å². The highest BCUT2D eigenvalue weighted by atomic mass is 16.5. The van der Waals surface area contributed by atoms with Crippen molar-refractivity contribution in [1.82, 2.24) is 9.88 Å². The number of pyridine rings is 1. The van der Waals surface area contributed by atoms with Crippen molar-refractivity contribution >= 4 is 16.6 Å². The van der Waals surface area contributed by atoms with Gasteiger partial charge in [-0.2, -0.15) is 0 Å². The van der Waals surface area contributed by atoms with Crippen LogP contribution in [0, 0.1) is 0 Å². The summed E-state index contributed by atoms with van der Waals surface area (Å²) in [5, 5.41) is 1.28. The number of likely N-dealkylation sites (tertiary alicyclic amines) is 1. The van der Waals surface area contributed by atoms with Gasteiger partial charge in [0.15, 0.2) is 0 Å². The predicted octanol–water partition coefficient (Wildman–Crippen LogP) is 3.88. The molecule has 0 bridgehead atoms. The average molecular weight is 354 g/mol. The highest BCUT2D eigenvalue weighted by Gasteiger charge is 2.22. The van der Waals surface area contributed by atoms with E-state index in [4.69, 9.17) is 9.72 Å². The summed E-state index contributed by atoms with van der Waals surface area (Å²) in [4.78, 5) is 9.85. The minimum Gasteiger partial charge on any atom is -0.377 e. The zero-order valence-electron chi connectivity index (χ0n) is 16.0. The number of para-hydroxylation sites is 1. The summed E-state index contributed by atoms with van der Waals surface area (Å²) in [6.45, 7) is 8.85. The highest BCUT2D eigenvalue weighted by molar-refractivity contribution is 5.92. The topological polar surface area (TPSA) is 28.6 Å². The van der Waals surface area contributed by atoms with Crippen molar-refractivity contribution in [2.75, 3.05) is 44.2 Å². The van der Waals surface area contributed by atoms with E-state index in [1.165, 1.54) is 42.7 Å². The van der Waals surface area contributed by atoms with Crippen molar-refractivity contribution in [2.45, 2.75) is 45.1 Å². The number of hydrogen-bond donors (Lipinski definition) is 0. The zero-order chi connectivity index (χ0) is 17.8. The summed E-state index contributed by atoms with van der Waals surface area (Å²) in [5.74, 6) is 0. The van der Waals surface area contributed by atoms with Gasteiger partial charge in [0, 0.05) is 36.4 Å². The van der Waals surface area contributed by atoms with Crippen LogP contribution in [-0.4, -0.2) is 55.3 Å². The zero-order valence-corrected chi connectivity index (χ0v) is 16.0. The maximum atomic E-state index is 6.18. The molecule has 0 N–H and O–H groups in total. The number of ether oxygens (including phenoxy) is 1. The van der Waals surface area contributed by atoms with Gasteiger partial charge in [-0.3, -0.25) is 4.98 Å². The molecule has 2 fully saturated rings. The summed E-state index contributed by atoms with van der Waals surface area (Å²) in [6, 6.07) is 10.8. The van der Waals surface area contributed by atoms with Crippen LogP contribution in [0.15, 0.2) is 30.3 Å². The monoisotopic (exact) mass is 353 g/mol. The number of piperidine rings is 1. The summed E-state index contributed by atoms with van der Waals surface area (Å²) >= 11 is 0. The van der Waals surface area contributed by atoms with Crippen LogP contribution in [0.1, 0.15) is 38.3 Å². The lowest BCUT2D eigenvalue weighted by atomic mass is 10.0. The van der Waals surface area contributed by atoms with Crippen LogP contribution >= 0.6 is 0 Å². The molecule has 0 unspecified atom stereocenters. The second-order valence-electron chi connectivity index (χ2n) is 7.61. The number of nitrogens with zero attached hydrogens (tertiary/aromatic N) is 3. The summed E-state index contributed by atoms with van der Waals surface area (Å²) in [6.07, 6.45) is 6.37. The van der Waals surface area contributed by atoms with E-state index < -0.39 is 0 Å². The Kier molecular flexibility index (Phi) is 5.71. The second-order valence-corrected chi connectivity index (χ2v) is 7.61. The van der Waals surface area contributed by atoms with Crippen LogP contribution in [-0.2, 0) is 11.2 Å². The van der Waals surface area contributed by atoms with Crippen LogP contribution in [0.5, 0.6) is 0 Å². The van der Waals surface area contributed by atoms with Crippen molar-refractivity contribution in [1.29, 1.82) is 0 Å². The summed E-state index contributed by atoms with van der Waals surface area (Å²) < 4.78 is 6.18. The van der Waals surface area contributed by atoms with Crippen molar-refractivity contribution in [2.24, 2.45) is 0 Å². The van der Waals surface area contributed by atoms with Crippen LogP contribution < -0.4 is 4.90 Å². The Morgan fingerprint density at radius 1 is 1.08 bits per heavy atom. The largest absolute Gasteiger partial charge is 0.377 e. The Bertz CT molecular complexity index is 718. The Labute approximate surface area is 157 Å². The first-order valence-corrected chi connectivity index (χ1v) is 10.3. The number of benzene rings is 1. The van der Waals surface area contributed by atoms with Gasteiger partial charge in [0.05, 0.1) is 18.2 Å². The normalized spacial score (nSPS) is 19.5. The van der Waals surface area contributed by atoms with E-state index in [9.17, 15) is 0 Å². The standard InChI is InChI=1S/C22H31N3O/c1-2-18-17-22(20-7-3-4-8-21(20)23-18)25-13-9-19(10-14-25)26-16-15-24-11-5-6-12-24/h3-4,7-8,17,19H,2,5-6,9-16H2,1H3. The highest BCUT2D eigenvalue weighted by Crippen LogP contribution is 2.29. The first-order chi connectivity index (χ1) is 12.8. The first kappa shape index (κ1) is 17.7. The molecule has 4 rings (SSSR count). The number of anilines is 1. The number of fused-ring (bicyclic) bond motifs is 1. The molecule has 0 spiro atoms. The first-order valence-electron chi connectivity index (χ1n) is 10.3. The predicted molar refractivity (Wildman–Crippen MR) is 108 cm³/mol. The van der Waals surface area contributed by atoms with Crippen LogP contribution in [0.25, 0.3) is 10.9 Å². The maximum absolute atomic E-state index is 6.18. The molecular formula is C22H31N3O. The molecular weight excluding hydrogens is 322 g/mol. The molecule has 2 aliphatic rings. The molecule has 0 radical (unpaired) electrons. The molecule has 4 heteroatoms. The molecule has 2 saturated heterocycles. The third-order valence-electron chi connectivity index (χ3n) is 5.85. The van der Waals surface area contributed by atoms with E-state index >= 15 is 0 Å². The molecule has 0 aliphatic carbocycles. The third kappa shape index (κ3) is 4.02. The van der Waals surface area contributed by atoms with Gasteiger partial charge in [0.1, 0.15) is 0 Å². The molecule has 0 atom stereocenters. The molecule has 4 nitrogen and oxygen atoms in total. The smallest absolute Gasteiger partial charge is 0.0726 e. The van der Waals surface area contributed by atoms with E-state index in [1.54, 1.807) is 0 Å².